The van der Waals surface area contributed by atoms with Crippen LogP contribution in [0.1, 0.15) is 24.0 Å². The van der Waals surface area contributed by atoms with Crippen LogP contribution < -0.4 is 0 Å². The van der Waals surface area contributed by atoms with Gasteiger partial charge in [0.15, 0.2) is 0 Å². The molecular weight excluding hydrogens is 335 g/mol. The molecule has 1 aromatic carbocycles. The molecule has 0 radical (unpaired) electrons. The molecule has 9 heteroatoms. The van der Waals surface area contributed by atoms with Crippen LogP contribution in [0.15, 0.2) is 23.1 Å². The fourth-order valence-corrected chi connectivity index (χ4v) is 4.33. The molecule has 23 heavy (non-hydrogen) atoms. The zero-order valence-electron chi connectivity index (χ0n) is 12.3. The number of hydrogen-bond donors (Lipinski definition) is 1. The summed E-state index contributed by atoms with van der Waals surface area (Å²) in [7, 11) is -4.17. The first kappa shape index (κ1) is 17.7. The molecule has 2 rings (SSSR count). The number of aliphatic carboxylic acids is 1. The van der Waals surface area contributed by atoms with E-state index in [4.69, 9.17) is 5.11 Å². The highest BCUT2D eigenvalue weighted by Gasteiger charge is 2.36. The summed E-state index contributed by atoms with van der Waals surface area (Å²) in [6.45, 7) is 1.28. The van der Waals surface area contributed by atoms with E-state index in [0.29, 0.717) is 18.9 Å². The third-order valence-electron chi connectivity index (χ3n) is 3.87. The van der Waals surface area contributed by atoms with Crippen molar-refractivity contribution in [2.24, 2.45) is 5.92 Å². The minimum absolute atomic E-state index is 0.0990. The van der Waals surface area contributed by atoms with Crippen molar-refractivity contribution in [3.63, 3.8) is 0 Å². The van der Waals surface area contributed by atoms with E-state index in [1.807, 2.05) is 0 Å². The Morgan fingerprint density at radius 2 is 2.00 bits per heavy atom. The number of carboxylic acid groups (broad SMARTS) is 1. The SMILES string of the molecule is Cc1ccc(C(F)(F)F)cc1S(=O)(=O)N1CCCC(C(=O)O)C1. The van der Waals surface area contributed by atoms with Gasteiger partial charge >= 0.3 is 12.1 Å². The molecule has 1 unspecified atom stereocenters. The first-order valence-corrected chi connectivity index (χ1v) is 8.38. The van der Waals surface area contributed by atoms with E-state index in [2.05, 4.69) is 0 Å². The summed E-state index contributed by atoms with van der Waals surface area (Å²) in [4.78, 5) is 10.6. The average Bonchev–Trinajstić information content (AvgIpc) is 2.46. The lowest BCUT2D eigenvalue weighted by molar-refractivity contribution is -0.143. The summed E-state index contributed by atoms with van der Waals surface area (Å²) in [5.74, 6) is -1.95. The molecule has 0 bridgehead atoms. The maximum absolute atomic E-state index is 12.8. The van der Waals surface area contributed by atoms with Crippen molar-refractivity contribution in [3.05, 3.63) is 29.3 Å². The van der Waals surface area contributed by atoms with Crippen molar-refractivity contribution >= 4 is 16.0 Å². The second-order valence-corrected chi connectivity index (χ2v) is 7.42. The molecule has 1 aromatic rings. The van der Waals surface area contributed by atoms with Gasteiger partial charge in [-0.3, -0.25) is 4.79 Å². The highest BCUT2D eigenvalue weighted by molar-refractivity contribution is 7.89. The van der Waals surface area contributed by atoms with Crippen molar-refractivity contribution in [2.45, 2.75) is 30.8 Å². The Kier molecular flexibility index (Phi) is 4.72. The van der Waals surface area contributed by atoms with Crippen LogP contribution in [0.3, 0.4) is 0 Å². The van der Waals surface area contributed by atoms with E-state index < -0.39 is 38.5 Å². The summed E-state index contributed by atoms with van der Waals surface area (Å²) >= 11 is 0. The lowest BCUT2D eigenvalue weighted by Crippen LogP contribution is -2.42. The summed E-state index contributed by atoms with van der Waals surface area (Å²) in [5.41, 5.74) is -0.857. The van der Waals surface area contributed by atoms with E-state index in [1.54, 1.807) is 0 Å². The number of sulfonamides is 1. The van der Waals surface area contributed by atoms with E-state index in [0.717, 1.165) is 16.4 Å². The second kappa shape index (κ2) is 6.12. The zero-order valence-corrected chi connectivity index (χ0v) is 13.1. The van der Waals surface area contributed by atoms with Gasteiger partial charge in [-0.1, -0.05) is 6.07 Å². The molecule has 128 valence electrons. The highest BCUT2D eigenvalue weighted by atomic mass is 32.2. The maximum Gasteiger partial charge on any atom is 0.416 e. The number of hydrogen-bond acceptors (Lipinski definition) is 3. The number of benzene rings is 1. The van der Waals surface area contributed by atoms with Crippen molar-refractivity contribution in [1.29, 1.82) is 0 Å². The predicted molar refractivity (Wildman–Crippen MR) is 75.3 cm³/mol. The third-order valence-corrected chi connectivity index (χ3v) is 5.87. The van der Waals surface area contributed by atoms with E-state index in [-0.39, 0.29) is 18.7 Å². The van der Waals surface area contributed by atoms with Crippen LogP contribution in [-0.4, -0.2) is 36.9 Å². The van der Waals surface area contributed by atoms with Crippen molar-refractivity contribution < 1.29 is 31.5 Å². The van der Waals surface area contributed by atoms with Gasteiger partial charge in [0.2, 0.25) is 10.0 Å². The Balaban J connectivity index is 2.41. The topological polar surface area (TPSA) is 74.7 Å². The van der Waals surface area contributed by atoms with Crippen LogP contribution in [0.5, 0.6) is 0 Å². The molecule has 1 fully saturated rings. The molecule has 0 aliphatic carbocycles. The minimum atomic E-state index is -4.65. The largest absolute Gasteiger partial charge is 0.481 e. The van der Waals surface area contributed by atoms with Gasteiger partial charge in [0.05, 0.1) is 16.4 Å². The molecule has 1 saturated heterocycles. The number of halogens is 3. The van der Waals surface area contributed by atoms with E-state index in [1.165, 1.54) is 6.92 Å². The Morgan fingerprint density at radius 3 is 2.57 bits per heavy atom. The van der Waals surface area contributed by atoms with Crippen LogP contribution in [0.4, 0.5) is 13.2 Å². The lowest BCUT2D eigenvalue weighted by atomic mass is 10.0. The van der Waals surface area contributed by atoms with E-state index in [9.17, 15) is 26.4 Å². The summed E-state index contributed by atoms with van der Waals surface area (Å²) in [5, 5.41) is 9.03. The standard InChI is InChI=1S/C14H16F3NO4S/c1-9-4-5-11(14(15,16)17)7-12(9)23(21,22)18-6-2-3-10(8-18)13(19)20/h4-5,7,10H,2-3,6,8H2,1H3,(H,19,20). The van der Waals surface area contributed by atoms with Gasteiger partial charge in [0, 0.05) is 13.1 Å². The monoisotopic (exact) mass is 351 g/mol. The molecule has 5 nitrogen and oxygen atoms in total. The van der Waals surface area contributed by atoms with Gasteiger partial charge in [0.25, 0.3) is 0 Å². The normalized spacial score (nSPS) is 20.4. The molecular formula is C14H16F3NO4S. The molecule has 1 aliphatic heterocycles. The average molecular weight is 351 g/mol. The van der Waals surface area contributed by atoms with Gasteiger partial charge in [-0.05, 0) is 37.5 Å². The smallest absolute Gasteiger partial charge is 0.416 e. The van der Waals surface area contributed by atoms with Crippen molar-refractivity contribution in [3.8, 4) is 0 Å². The quantitative estimate of drug-likeness (QED) is 0.908. The fourth-order valence-electron chi connectivity index (χ4n) is 2.56. The van der Waals surface area contributed by atoms with Crippen LogP contribution in [0.2, 0.25) is 0 Å². The third kappa shape index (κ3) is 3.66. The number of nitrogens with zero attached hydrogens (tertiary/aromatic N) is 1. The zero-order chi connectivity index (χ0) is 17.4. The van der Waals surface area contributed by atoms with Gasteiger partial charge in [0.1, 0.15) is 0 Å². The Morgan fingerprint density at radius 1 is 1.35 bits per heavy atom. The van der Waals surface area contributed by atoms with Crippen LogP contribution >= 0.6 is 0 Å². The molecule has 0 saturated carbocycles. The molecule has 0 spiro atoms. The molecule has 0 amide bonds. The Labute approximate surface area is 131 Å². The Bertz CT molecular complexity index is 715. The fraction of sp³-hybridized carbons (Fsp3) is 0.500. The summed E-state index contributed by atoms with van der Waals surface area (Å²) in [6, 6.07) is 2.54. The highest BCUT2D eigenvalue weighted by Crippen LogP contribution is 2.33. The van der Waals surface area contributed by atoms with Crippen molar-refractivity contribution in [1.82, 2.24) is 4.31 Å². The van der Waals surface area contributed by atoms with Crippen molar-refractivity contribution in [2.75, 3.05) is 13.1 Å². The molecule has 1 atom stereocenters. The summed E-state index contributed by atoms with van der Waals surface area (Å²) < 4.78 is 64.6. The summed E-state index contributed by atoms with van der Waals surface area (Å²) in [6.07, 6.45) is -3.94. The minimum Gasteiger partial charge on any atom is -0.481 e. The number of piperidine rings is 1. The van der Waals surface area contributed by atoms with Gasteiger partial charge in [-0.25, -0.2) is 8.42 Å². The predicted octanol–water partition coefficient (Wildman–Crippen LogP) is 2.50. The van der Waals surface area contributed by atoms with Gasteiger partial charge in [-0.2, -0.15) is 17.5 Å². The molecule has 1 aliphatic rings. The number of alkyl halides is 3. The molecule has 0 aromatic heterocycles. The number of carboxylic acids is 1. The van der Waals surface area contributed by atoms with Gasteiger partial charge < -0.3 is 5.11 Å². The maximum atomic E-state index is 12.8. The van der Waals surface area contributed by atoms with E-state index >= 15 is 0 Å². The molecule has 1 heterocycles. The number of carbonyl (C=O) groups is 1. The number of rotatable bonds is 3. The number of aryl methyl sites for hydroxylation is 1. The lowest BCUT2D eigenvalue weighted by Gasteiger charge is -2.30. The van der Waals surface area contributed by atoms with Crippen LogP contribution in [0.25, 0.3) is 0 Å². The molecule has 1 N–H and O–H groups in total. The van der Waals surface area contributed by atoms with Crippen LogP contribution in [0, 0.1) is 12.8 Å². The first-order valence-electron chi connectivity index (χ1n) is 6.94. The Hall–Kier alpha value is -1.61. The second-order valence-electron chi connectivity index (χ2n) is 5.52. The van der Waals surface area contributed by atoms with Crippen LogP contribution in [-0.2, 0) is 21.0 Å². The van der Waals surface area contributed by atoms with Gasteiger partial charge in [-0.15, -0.1) is 0 Å². The first-order chi connectivity index (χ1) is 10.5.